The monoisotopic (exact) mass is 142 g/mol. The number of nitrogens with one attached hydrogen (secondary N) is 2. The van der Waals surface area contributed by atoms with Crippen molar-refractivity contribution in [2.45, 2.75) is 26.4 Å². The second-order valence-electron chi connectivity index (χ2n) is 3.41. The molecule has 0 unspecified atom stereocenters. The van der Waals surface area contributed by atoms with Gasteiger partial charge in [0.2, 0.25) is 6.41 Å². The average Bonchev–Trinajstić information content (AvgIpc) is 2.13. The predicted octanol–water partition coefficient (Wildman–Crippen LogP) is 0.0780. The molecule has 0 aromatic rings. The topological polar surface area (TPSA) is 41.1 Å². The summed E-state index contributed by atoms with van der Waals surface area (Å²) in [4.78, 5) is 10.1. The molecule has 1 saturated heterocycles. The zero-order chi connectivity index (χ0) is 7.61. The first-order valence-electron chi connectivity index (χ1n) is 3.60. The molecule has 0 saturated carbocycles. The third-order valence-corrected chi connectivity index (χ3v) is 2.13. The lowest BCUT2D eigenvalue weighted by atomic mass is 9.89. The molecule has 58 valence electrons. The van der Waals surface area contributed by atoms with Gasteiger partial charge in [0.1, 0.15) is 0 Å². The quantitative estimate of drug-likeness (QED) is 0.536. The molecule has 1 amide bonds. The second-order valence-corrected chi connectivity index (χ2v) is 3.41. The molecule has 1 aliphatic heterocycles. The van der Waals surface area contributed by atoms with Gasteiger partial charge in [-0.1, -0.05) is 13.8 Å². The molecule has 1 rings (SSSR count). The highest BCUT2D eigenvalue weighted by atomic mass is 16.1. The molecule has 2 N–H and O–H groups in total. The van der Waals surface area contributed by atoms with E-state index in [-0.39, 0.29) is 11.6 Å². The SMILES string of the molecule is CC1(C)CCN[C@H]1NC=O. The largest absolute Gasteiger partial charge is 0.343 e. The lowest BCUT2D eigenvalue weighted by molar-refractivity contribution is -0.110. The van der Waals surface area contributed by atoms with Crippen LogP contribution in [0.5, 0.6) is 0 Å². The standard InChI is InChI=1S/C7H14N2O/c1-7(2)3-4-8-6(7)9-5-10/h5-6,8H,3-4H2,1-2H3,(H,9,10)/t6-/m0/s1. The van der Waals surface area contributed by atoms with E-state index in [9.17, 15) is 4.79 Å². The average molecular weight is 142 g/mol. The number of rotatable bonds is 2. The van der Waals surface area contributed by atoms with Crippen molar-refractivity contribution in [2.24, 2.45) is 5.41 Å². The smallest absolute Gasteiger partial charge is 0.208 e. The maximum absolute atomic E-state index is 10.1. The molecule has 1 heterocycles. The van der Waals surface area contributed by atoms with E-state index in [0.717, 1.165) is 19.4 Å². The maximum Gasteiger partial charge on any atom is 0.208 e. The number of amides is 1. The van der Waals surface area contributed by atoms with Crippen LogP contribution in [0.4, 0.5) is 0 Å². The second kappa shape index (κ2) is 2.58. The molecule has 0 aromatic heterocycles. The molecule has 0 aromatic carbocycles. The van der Waals surface area contributed by atoms with Crippen molar-refractivity contribution in [1.29, 1.82) is 0 Å². The van der Waals surface area contributed by atoms with Crippen LogP contribution >= 0.6 is 0 Å². The molecule has 0 radical (unpaired) electrons. The summed E-state index contributed by atoms with van der Waals surface area (Å²) < 4.78 is 0. The summed E-state index contributed by atoms with van der Waals surface area (Å²) in [5, 5.41) is 5.95. The van der Waals surface area contributed by atoms with Crippen molar-refractivity contribution in [2.75, 3.05) is 6.54 Å². The normalized spacial score (nSPS) is 30.0. The molecular formula is C7H14N2O. The molecule has 3 nitrogen and oxygen atoms in total. The summed E-state index contributed by atoms with van der Waals surface area (Å²) in [6.45, 7) is 5.29. The molecule has 0 bridgehead atoms. The van der Waals surface area contributed by atoms with Crippen LogP contribution < -0.4 is 10.6 Å². The fourth-order valence-electron chi connectivity index (χ4n) is 1.31. The van der Waals surface area contributed by atoms with Crippen molar-refractivity contribution in [3.8, 4) is 0 Å². The van der Waals surface area contributed by atoms with Gasteiger partial charge in [0.05, 0.1) is 6.17 Å². The molecule has 0 aliphatic carbocycles. The predicted molar refractivity (Wildman–Crippen MR) is 39.4 cm³/mol. The Morgan fingerprint density at radius 3 is 2.80 bits per heavy atom. The Morgan fingerprint density at radius 1 is 1.70 bits per heavy atom. The molecule has 3 heteroatoms. The van der Waals surface area contributed by atoms with Crippen LogP contribution in [0.1, 0.15) is 20.3 Å². The van der Waals surface area contributed by atoms with E-state index in [2.05, 4.69) is 24.5 Å². The Hall–Kier alpha value is -0.570. The minimum Gasteiger partial charge on any atom is -0.343 e. The van der Waals surface area contributed by atoms with Gasteiger partial charge in [0.25, 0.3) is 0 Å². The van der Waals surface area contributed by atoms with Gasteiger partial charge >= 0.3 is 0 Å². The van der Waals surface area contributed by atoms with Gasteiger partial charge in [0, 0.05) is 0 Å². The number of carbonyl (C=O) groups is 1. The van der Waals surface area contributed by atoms with Crippen LogP contribution in [0.2, 0.25) is 0 Å². The van der Waals surface area contributed by atoms with E-state index in [1.165, 1.54) is 0 Å². The van der Waals surface area contributed by atoms with Crippen LogP contribution in [0.3, 0.4) is 0 Å². The zero-order valence-corrected chi connectivity index (χ0v) is 6.48. The molecule has 1 aliphatic rings. The summed E-state index contributed by atoms with van der Waals surface area (Å²) >= 11 is 0. The van der Waals surface area contributed by atoms with Crippen LogP contribution in [0.15, 0.2) is 0 Å². The molecule has 1 fully saturated rings. The number of carbonyl (C=O) groups excluding carboxylic acids is 1. The van der Waals surface area contributed by atoms with E-state index in [1.54, 1.807) is 0 Å². The van der Waals surface area contributed by atoms with E-state index >= 15 is 0 Å². The highest BCUT2D eigenvalue weighted by Gasteiger charge is 2.33. The minimum absolute atomic E-state index is 0.157. The van der Waals surface area contributed by atoms with Crippen LogP contribution in [-0.4, -0.2) is 19.1 Å². The fourth-order valence-corrected chi connectivity index (χ4v) is 1.31. The van der Waals surface area contributed by atoms with Crippen LogP contribution in [0.25, 0.3) is 0 Å². The van der Waals surface area contributed by atoms with Crippen molar-refractivity contribution in [3.63, 3.8) is 0 Å². The Kier molecular flexibility index (Phi) is 1.94. The first-order valence-corrected chi connectivity index (χ1v) is 3.60. The molecule has 0 spiro atoms. The Balaban J connectivity index is 2.50. The van der Waals surface area contributed by atoms with Gasteiger partial charge in [-0.3, -0.25) is 10.1 Å². The van der Waals surface area contributed by atoms with E-state index < -0.39 is 0 Å². The van der Waals surface area contributed by atoms with Gasteiger partial charge in [-0.15, -0.1) is 0 Å². The van der Waals surface area contributed by atoms with Crippen molar-refractivity contribution in [1.82, 2.24) is 10.6 Å². The summed E-state index contributed by atoms with van der Waals surface area (Å²) in [6, 6.07) is 0. The highest BCUT2D eigenvalue weighted by molar-refractivity contribution is 5.46. The van der Waals surface area contributed by atoms with E-state index in [4.69, 9.17) is 0 Å². The summed E-state index contributed by atoms with van der Waals surface area (Å²) in [7, 11) is 0. The van der Waals surface area contributed by atoms with Crippen LogP contribution in [-0.2, 0) is 4.79 Å². The fraction of sp³-hybridized carbons (Fsp3) is 0.857. The maximum atomic E-state index is 10.1. The lowest BCUT2D eigenvalue weighted by Gasteiger charge is -2.25. The summed E-state index contributed by atoms with van der Waals surface area (Å²) in [5.74, 6) is 0. The zero-order valence-electron chi connectivity index (χ0n) is 6.48. The van der Waals surface area contributed by atoms with Gasteiger partial charge in [-0.2, -0.15) is 0 Å². The van der Waals surface area contributed by atoms with Crippen molar-refractivity contribution < 1.29 is 4.79 Å². The molecular weight excluding hydrogens is 128 g/mol. The van der Waals surface area contributed by atoms with Crippen molar-refractivity contribution in [3.05, 3.63) is 0 Å². The summed E-state index contributed by atoms with van der Waals surface area (Å²) in [5.41, 5.74) is 0.209. The summed E-state index contributed by atoms with van der Waals surface area (Å²) in [6.07, 6.45) is 2.04. The minimum atomic E-state index is 0.157. The van der Waals surface area contributed by atoms with E-state index in [0.29, 0.717) is 0 Å². The first-order chi connectivity index (χ1) is 4.67. The number of hydrogen-bond donors (Lipinski definition) is 2. The van der Waals surface area contributed by atoms with Crippen molar-refractivity contribution >= 4 is 6.41 Å². The Bertz CT molecular complexity index is 134. The highest BCUT2D eigenvalue weighted by Crippen LogP contribution is 2.27. The first kappa shape index (κ1) is 7.54. The van der Waals surface area contributed by atoms with E-state index in [1.807, 2.05) is 0 Å². The Morgan fingerprint density at radius 2 is 2.40 bits per heavy atom. The number of hydrogen-bond acceptors (Lipinski definition) is 2. The van der Waals surface area contributed by atoms with Gasteiger partial charge < -0.3 is 5.32 Å². The third-order valence-electron chi connectivity index (χ3n) is 2.13. The molecule has 10 heavy (non-hydrogen) atoms. The Labute approximate surface area is 61.2 Å². The van der Waals surface area contributed by atoms with Crippen LogP contribution in [0, 0.1) is 5.41 Å². The van der Waals surface area contributed by atoms with Gasteiger partial charge in [-0.05, 0) is 18.4 Å². The molecule has 1 atom stereocenters. The third kappa shape index (κ3) is 1.29. The van der Waals surface area contributed by atoms with Gasteiger partial charge in [-0.25, -0.2) is 0 Å². The van der Waals surface area contributed by atoms with Gasteiger partial charge in [0.15, 0.2) is 0 Å². The lowest BCUT2D eigenvalue weighted by Crippen LogP contribution is -2.44.